The molecular weight excluding hydrogens is 524 g/mol. The summed E-state index contributed by atoms with van der Waals surface area (Å²) in [6.45, 7) is 9.48. The lowest BCUT2D eigenvalue weighted by molar-refractivity contribution is 0.0105. The normalized spacial score (nSPS) is 24.2. The zero-order valence-corrected chi connectivity index (χ0v) is 24.0. The standard InChI is InChI=1S/C26H36N6O4S2/c1-6-38(35,36)26(4,5)16-11-17(22(34)21(16)33)30-23-19(13(2)29-25(32-23)28-12-15-7-8-15)24-31-20-14(3)27-10-9-18(20)37-24/h9-10,15-17,21-22,33-34H,6-8,11-12H2,1-5H3,(H2,28,29,30,32)/t16-,17+,21+,22-/m0/s1. The molecule has 10 nitrogen and oxygen atoms in total. The molecule has 4 N–H and O–H groups in total. The minimum atomic E-state index is -3.48. The fourth-order valence-corrected chi connectivity index (χ4v) is 7.86. The summed E-state index contributed by atoms with van der Waals surface area (Å²) in [5.74, 6) is 0.931. The lowest BCUT2D eigenvalue weighted by Crippen LogP contribution is -2.46. The van der Waals surface area contributed by atoms with Gasteiger partial charge >= 0.3 is 0 Å². The van der Waals surface area contributed by atoms with Crippen molar-refractivity contribution in [3.8, 4) is 10.6 Å². The highest BCUT2D eigenvalue weighted by Crippen LogP contribution is 2.42. The van der Waals surface area contributed by atoms with Gasteiger partial charge < -0.3 is 20.8 Å². The Hall–Kier alpha value is -2.41. The lowest BCUT2D eigenvalue weighted by Gasteiger charge is -2.33. The minimum Gasteiger partial charge on any atom is -0.390 e. The van der Waals surface area contributed by atoms with Crippen LogP contribution in [0, 0.1) is 25.7 Å². The zero-order valence-electron chi connectivity index (χ0n) is 22.4. The number of pyridine rings is 1. The van der Waals surface area contributed by atoms with E-state index >= 15 is 0 Å². The summed E-state index contributed by atoms with van der Waals surface area (Å²) in [5.41, 5.74) is 3.09. The van der Waals surface area contributed by atoms with E-state index in [0.29, 0.717) is 23.2 Å². The van der Waals surface area contributed by atoms with Gasteiger partial charge in [0.1, 0.15) is 22.4 Å². The van der Waals surface area contributed by atoms with Gasteiger partial charge in [0, 0.05) is 24.4 Å². The molecule has 0 saturated heterocycles. The maximum absolute atomic E-state index is 12.8. The molecule has 38 heavy (non-hydrogen) atoms. The number of hydrogen-bond donors (Lipinski definition) is 4. The summed E-state index contributed by atoms with van der Waals surface area (Å²) < 4.78 is 25.5. The third-order valence-corrected chi connectivity index (χ3v) is 11.8. The maximum atomic E-state index is 12.8. The number of aliphatic hydroxyl groups is 2. The van der Waals surface area contributed by atoms with Crippen molar-refractivity contribution in [2.75, 3.05) is 22.9 Å². The second kappa shape index (κ2) is 9.96. The molecule has 2 aliphatic carbocycles. The highest BCUT2D eigenvalue weighted by molar-refractivity contribution is 7.92. The molecule has 0 bridgehead atoms. The fraction of sp³-hybridized carbons (Fsp3) is 0.615. The number of nitrogens with one attached hydrogen (secondary N) is 2. The van der Waals surface area contributed by atoms with Crippen molar-refractivity contribution >= 4 is 43.2 Å². The van der Waals surface area contributed by atoms with Gasteiger partial charge in [-0.25, -0.2) is 18.4 Å². The number of thiazole rings is 1. The van der Waals surface area contributed by atoms with E-state index in [1.165, 1.54) is 24.2 Å². The van der Waals surface area contributed by atoms with Crippen LogP contribution in [0.3, 0.4) is 0 Å². The van der Waals surface area contributed by atoms with Crippen molar-refractivity contribution in [3.63, 3.8) is 0 Å². The van der Waals surface area contributed by atoms with Crippen molar-refractivity contribution in [2.45, 2.75) is 76.9 Å². The fourth-order valence-electron chi connectivity index (χ4n) is 5.31. The molecule has 0 unspecified atom stereocenters. The second-order valence-electron chi connectivity index (χ2n) is 11.0. The minimum absolute atomic E-state index is 0.0332. The quantitative estimate of drug-likeness (QED) is 0.307. The van der Waals surface area contributed by atoms with Gasteiger partial charge in [-0.3, -0.25) is 4.98 Å². The molecule has 0 radical (unpaired) electrons. The third kappa shape index (κ3) is 4.87. The van der Waals surface area contributed by atoms with Crippen LogP contribution in [0.25, 0.3) is 20.8 Å². The molecule has 5 rings (SSSR count). The Morgan fingerprint density at radius 3 is 2.50 bits per heavy atom. The highest BCUT2D eigenvalue weighted by Gasteiger charge is 2.53. The van der Waals surface area contributed by atoms with Crippen LogP contribution < -0.4 is 10.6 Å². The van der Waals surface area contributed by atoms with Crippen molar-refractivity contribution in [1.82, 2.24) is 19.9 Å². The van der Waals surface area contributed by atoms with Crippen LogP contribution >= 0.6 is 11.3 Å². The molecule has 3 aromatic heterocycles. The Labute approximate surface area is 227 Å². The second-order valence-corrected chi connectivity index (χ2v) is 14.9. The van der Waals surface area contributed by atoms with E-state index in [1.807, 2.05) is 19.9 Å². The van der Waals surface area contributed by atoms with Gasteiger partial charge in [0.15, 0.2) is 9.84 Å². The molecule has 4 atom stereocenters. The molecule has 0 aromatic carbocycles. The van der Waals surface area contributed by atoms with E-state index < -0.39 is 38.8 Å². The number of aromatic nitrogens is 4. The van der Waals surface area contributed by atoms with Crippen molar-refractivity contribution in [2.24, 2.45) is 11.8 Å². The van der Waals surface area contributed by atoms with Gasteiger partial charge in [0.2, 0.25) is 5.95 Å². The topological polar surface area (TPSA) is 150 Å². The Kier molecular flexibility index (Phi) is 7.12. The number of fused-ring (bicyclic) bond motifs is 1. The molecule has 206 valence electrons. The summed E-state index contributed by atoms with van der Waals surface area (Å²) in [4.78, 5) is 18.7. The van der Waals surface area contributed by atoms with Crippen molar-refractivity contribution < 1.29 is 18.6 Å². The van der Waals surface area contributed by atoms with E-state index in [0.717, 1.165) is 33.2 Å². The van der Waals surface area contributed by atoms with Gasteiger partial charge in [-0.1, -0.05) is 6.92 Å². The van der Waals surface area contributed by atoms with Crippen LogP contribution in [-0.2, 0) is 9.84 Å². The maximum Gasteiger partial charge on any atom is 0.224 e. The van der Waals surface area contributed by atoms with Gasteiger partial charge in [-0.05, 0) is 58.9 Å². The summed E-state index contributed by atoms with van der Waals surface area (Å²) >= 11 is 1.51. The first-order chi connectivity index (χ1) is 17.9. The first kappa shape index (κ1) is 27.2. The monoisotopic (exact) mass is 560 g/mol. The van der Waals surface area contributed by atoms with Gasteiger partial charge in [-0.2, -0.15) is 4.98 Å². The summed E-state index contributed by atoms with van der Waals surface area (Å²) in [6, 6.07) is 1.32. The van der Waals surface area contributed by atoms with Crippen molar-refractivity contribution in [1.29, 1.82) is 0 Å². The highest BCUT2D eigenvalue weighted by atomic mass is 32.2. The predicted molar refractivity (Wildman–Crippen MR) is 150 cm³/mol. The van der Waals surface area contributed by atoms with Crippen LogP contribution in [-0.4, -0.2) is 73.9 Å². The average Bonchev–Trinajstić information content (AvgIpc) is 3.53. The van der Waals surface area contributed by atoms with E-state index in [-0.39, 0.29) is 12.2 Å². The Morgan fingerprint density at radius 1 is 1.11 bits per heavy atom. The number of nitrogens with zero attached hydrogens (tertiary/aromatic N) is 4. The van der Waals surface area contributed by atoms with E-state index in [2.05, 4.69) is 15.6 Å². The van der Waals surface area contributed by atoms with Gasteiger partial charge in [0.05, 0.1) is 38.5 Å². The summed E-state index contributed by atoms with van der Waals surface area (Å²) in [7, 11) is -3.48. The summed E-state index contributed by atoms with van der Waals surface area (Å²) in [6.07, 6.45) is 2.05. The molecule has 3 heterocycles. The number of anilines is 2. The molecular formula is C26H36N6O4S2. The average molecular weight is 561 g/mol. The zero-order chi connectivity index (χ0) is 27.4. The molecule has 0 aliphatic heterocycles. The Balaban J connectivity index is 1.52. The number of hydrogen-bond acceptors (Lipinski definition) is 11. The largest absolute Gasteiger partial charge is 0.390 e. The lowest BCUT2D eigenvalue weighted by atomic mass is 9.91. The molecule has 0 amide bonds. The van der Waals surface area contributed by atoms with Crippen molar-refractivity contribution in [3.05, 3.63) is 23.7 Å². The third-order valence-electron chi connectivity index (χ3n) is 8.12. The first-order valence-electron chi connectivity index (χ1n) is 13.1. The van der Waals surface area contributed by atoms with Crippen LogP contribution in [0.2, 0.25) is 0 Å². The van der Waals surface area contributed by atoms with E-state index in [9.17, 15) is 18.6 Å². The Morgan fingerprint density at radius 2 is 1.84 bits per heavy atom. The molecule has 2 aliphatic rings. The molecule has 0 spiro atoms. The van der Waals surface area contributed by atoms with Crippen LogP contribution in [0.5, 0.6) is 0 Å². The Bertz CT molecular complexity index is 1450. The molecule has 3 aromatic rings. The van der Waals surface area contributed by atoms with E-state index in [1.54, 1.807) is 27.0 Å². The van der Waals surface area contributed by atoms with Gasteiger partial charge in [-0.15, -0.1) is 11.3 Å². The first-order valence-corrected chi connectivity index (χ1v) is 15.6. The molecule has 2 saturated carbocycles. The SMILES string of the molecule is CCS(=O)(=O)C(C)(C)[C@H]1C[C@@H](Nc2nc(NCC3CC3)nc(C)c2-c2nc3c(C)nccc3s2)[C@H](O)[C@@H]1O. The smallest absolute Gasteiger partial charge is 0.224 e. The molecule has 2 fully saturated rings. The number of sulfone groups is 1. The number of aliphatic hydroxyl groups excluding tert-OH is 2. The van der Waals surface area contributed by atoms with Crippen LogP contribution in [0.1, 0.15) is 51.4 Å². The summed E-state index contributed by atoms with van der Waals surface area (Å²) in [5, 5.41) is 29.4. The predicted octanol–water partition coefficient (Wildman–Crippen LogP) is 3.32. The molecule has 12 heteroatoms. The number of aryl methyl sites for hydroxylation is 2. The van der Waals surface area contributed by atoms with E-state index in [4.69, 9.17) is 15.0 Å². The van der Waals surface area contributed by atoms with Crippen LogP contribution in [0.4, 0.5) is 11.8 Å². The van der Waals surface area contributed by atoms with Gasteiger partial charge in [0.25, 0.3) is 0 Å². The number of rotatable bonds is 9. The van der Waals surface area contributed by atoms with Crippen LogP contribution in [0.15, 0.2) is 12.3 Å².